The molecular weight excluding hydrogens is 290 g/mol. The summed E-state index contributed by atoms with van der Waals surface area (Å²) in [5, 5.41) is 3.45. The maximum atomic E-state index is 12.5. The van der Waals surface area contributed by atoms with Crippen LogP contribution in [0.5, 0.6) is 0 Å². The molecule has 2 aliphatic rings. The van der Waals surface area contributed by atoms with Gasteiger partial charge in [0.05, 0.1) is 6.54 Å². The largest absolute Gasteiger partial charge is 0.347 e. The van der Waals surface area contributed by atoms with Crippen molar-refractivity contribution in [3.63, 3.8) is 0 Å². The number of aromatic amines is 1. The van der Waals surface area contributed by atoms with E-state index in [4.69, 9.17) is 0 Å². The number of nitrogens with one attached hydrogen (secondary N) is 3. The van der Waals surface area contributed by atoms with E-state index in [0.717, 1.165) is 25.8 Å². The summed E-state index contributed by atoms with van der Waals surface area (Å²) in [6.07, 6.45) is 8.70. The zero-order valence-corrected chi connectivity index (χ0v) is 12.9. The molecule has 1 unspecified atom stereocenters. The first-order valence-electron chi connectivity index (χ1n) is 7.63. The number of hydrogen-bond acceptors (Lipinski definition) is 4. The Morgan fingerprint density at radius 3 is 2.90 bits per heavy atom. The molecule has 1 saturated carbocycles. The average molecular weight is 313 g/mol. The minimum Gasteiger partial charge on any atom is -0.347 e. The van der Waals surface area contributed by atoms with Crippen LogP contribution in [-0.4, -0.2) is 47.9 Å². The van der Waals surface area contributed by atoms with Gasteiger partial charge in [-0.1, -0.05) is 6.42 Å². The van der Waals surface area contributed by atoms with Crippen LogP contribution in [0, 0.1) is 0 Å². The van der Waals surface area contributed by atoms with Gasteiger partial charge in [-0.25, -0.2) is 4.98 Å². The van der Waals surface area contributed by atoms with Gasteiger partial charge >= 0.3 is 0 Å². The summed E-state index contributed by atoms with van der Waals surface area (Å²) in [6, 6.07) is 0.668. The predicted molar refractivity (Wildman–Crippen MR) is 79.7 cm³/mol. The second-order valence-corrected chi connectivity index (χ2v) is 7.51. The van der Waals surface area contributed by atoms with Crippen molar-refractivity contribution in [2.75, 3.05) is 13.1 Å². The normalized spacial score (nSPS) is 24.3. The van der Waals surface area contributed by atoms with Crippen LogP contribution in [0.15, 0.2) is 12.4 Å². The lowest BCUT2D eigenvalue weighted by Gasteiger charge is -2.34. The molecule has 21 heavy (non-hydrogen) atoms. The Morgan fingerprint density at radius 1 is 1.33 bits per heavy atom. The highest BCUT2D eigenvalue weighted by Gasteiger charge is 2.33. The van der Waals surface area contributed by atoms with E-state index in [9.17, 15) is 8.42 Å². The molecule has 1 aliphatic heterocycles. The number of nitrogens with zero attached hydrogens (tertiary/aromatic N) is 2. The number of hydrogen-bond donors (Lipinski definition) is 3. The molecule has 2 fully saturated rings. The zero-order valence-electron chi connectivity index (χ0n) is 12.1. The highest BCUT2D eigenvalue weighted by Crippen LogP contribution is 2.22. The number of imidazole rings is 1. The van der Waals surface area contributed by atoms with Gasteiger partial charge in [0.25, 0.3) is 10.2 Å². The molecule has 0 amide bonds. The molecule has 8 heteroatoms. The van der Waals surface area contributed by atoms with E-state index < -0.39 is 10.2 Å². The number of aromatic nitrogens is 2. The fourth-order valence-corrected chi connectivity index (χ4v) is 4.15. The molecule has 1 aromatic heterocycles. The van der Waals surface area contributed by atoms with Crippen LogP contribution < -0.4 is 10.0 Å². The van der Waals surface area contributed by atoms with Gasteiger partial charge in [-0.2, -0.15) is 17.4 Å². The molecular formula is C13H23N5O2S. The summed E-state index contributed by atoms with van der Waals surface area (Å²) >= 11 is 0. The smallest absolute Gasteiger partial charge is 0.280 e. The van der Waals surface area contributed by atoms with Crippen molar-refractivity contribution in [1.29, 1.82) is 0 Å². The predicted octanol–water partition coefficient (Wildman–Crippen LogP) is 0.351. The molecule has 1 aromatic rings. The standard InChI is InChI=1S/C13H23N5O2S/c19-21(20,17-10-13-14-6-7-15-13)18-8-2-1-3-12(18)9-16-11-4-5-11/h6-7,11-12,16-17H,1-5,8-10H2,(H,14,15). The third-order valence-corrected chi connectivity index (χ3v) is 5.69. The van der Waals surface area contributed by atoms with Crippen LogP contribution in [0.2, 0.25) is 0 Å². The molecule has 0 aromatic carbocycles. The van der Waals surface area contributed by atoms with Crippen LogP contribution in [0.4, 0.5) is 0 Å². The second kappa shape index (κ2) is 6.43. The SMILES string of the molecule is O=S(=O)(NCc1ncc[nH]1)N1CCCCC1CNC1CC1. The molecule has 118 valence electrons. The molecule has 3 N–H and O–H groups in total. The van der Waals surface area contributed by atoms with Gasteiger partial charge in [-0.3, -0.25) is 0 Å². The number of piperidine rings is 1. The number of H-pyrrole nitrogens is 1. The van der Waals surface area contributed by atoms with Crippen LogP contribution >= 0.6 is 0 Å². The Bertz CT molecular complexity index is 541. The Labute approximate surface area is 125 Å². The van der Waals surface area contributed by atoms with Gasteiger partial charge in [-0.05, 0) is 25.7 Å². The minimum absolute atomic E-state index is 0.0634. The lowest BCUT2D eigenvalue weighted by Crippen LogP contribution is -2.52. The van der Waals surface area contributed by atoms with E-state index >= 15 is 0 Å². The monoisotopic (exact) mass is 313 g/mol. The Morgan fingerprint density at radius 2 is 2.19 bits per heavy atom. The summed E-state index contributed by atoms with van der Waals surface area (Å²) in [5.41, 5.74) is 0. The topological polar surface area (TPSA) is 90.1 Å². The minimum atomic E-state index is -3.45. The van der Waals surface area contributed by atoms with Crippen LogP contribution in [0.3, 0.4) is 0 Å². The molecule has 7 nitrogen and oxygen atoms in total. The van der Waals surface area contributed by atoms with E-state index in [1.165, 1.54) is 12.8 Å². The van der Waals surface area contributed by atoms with E-state index in [-0.39, 0.29) is 12.6 Å². The van der Waals surface area contributed by atoms with Crippen molar-refractivity contribution < 1.29 is 8.42 Å². The fraction of sp³-hybridized carbons (Fsp3) is 0.769. The molecule has 3 rings (SSSR count). The van der Waals surface area contributed by atoms with Crippen LogP contribution in [0.25, 0.3) is 0 Å². The third-order valence-electron chi connectivity index (χ3n) is 4.08. The number of rotatable bonds is 7. The van der Waals surface area contributed by atoms with E-state index in [2.05, 4.69) is 20.0 Å². The first-order valence-corrected chi connectivity index (χ1v) is 9.07. The maximum Gasteiger partial charge on any atom is 0.280 e. The summed E-state index contributed by atoms with van der Waals surface area (Å²) in [6.45, 7) is 1.56. The summed E-state index contributed by atoms with van der Waals surface area (Å²) < 4.78 is 29.3. The molecule has 0 bridgehead atoms. The van der Waals surface area contributed by atoms with Crippen LogP contribution in [-0.2, 0) is 16.8 Å². The second-order valence-electron chi connectivity index (χ2n) is 5.80. The summed E-state index contributed by atoms with van der Waals surface area (Å²) in [5.74, 6) is 0.628. The first-order chi connectivity index (χ1) is 10.1. The van der Waals surface area contributed by atoms with Crippen molar-refractivity contribution in [3.8, 4) is 0 Å². The third kappa shape index (κ3) is 4.03. The van der Waals surface area contributed by atoms with Gasteiger partial charge < -0.3 is 10.3 Å². The highest BCUT2D eigenvalue weighted by atomic mass is 32.2. The van der Waals surface area contributed by atoms with E-state index in [0.29, 0.717) is 18.4 Å². The molecule has 1 aliphatic carbocycles. The zero-order chi connectivity index (χ0) is 14.7. The Balaban J connectivity index is 1.59. The van der Waals surface area contributed by atoms with Gasteiger partial charge in [0.1, 0.15) is 5.82 Å². The average Bonchev–Trinajstić information content (AvgIpc) is 3.17. The summed E-state index contributed by atoms with van der Waals surface area (Å²) in [4.78, 5) is 6.94. The highest BCUT2D eigenvalue weighted by molar-refractivity contribution is 7.87. The fourth-order valence-electron chi connectivity index (χ4n) is 2.72. The molecule has 2 heterocycles. The Kier molecular flexibility index (Phi) is 4.58. The molecule has 1 saturated heterocycles. The quantitative estimate of drug-likeness (QED) is 0.677. The van der Waals surface area contributed by atoms with Crippen LogP contribution in [0.1, 0.15) is 37.9 Å². The first kappa shape index (κ1) is 15.0. The van der Waals surface area contributed by atoms with Crippen molar-refractivity contribution in [2.45, 2.75) is 50.7 Å². The lowest BCUT2D eigenvalue weighted by atomic mass is 10.1. The van der Waals surface area contributed by atoms with Gasteiger partial charge in [0, 0.05) is 37.6 Å². The van der Waals surface area contributed by atoms with Gasteiger partial charge in [0.15, 0.2) is 0 Å². The lowest BCUT2D eigenvalue weighted by molar-refractivity contribution is 0.242. The van der Waals surface area contributed by atoms with Crippen molar-refractivity contribution in [3.05, 3.63) is 18.2 Å². The van der Waals surface area contributed by atoms with E-state index in [1.54, 1.807) is 16.7 Å². The van der Waals surface area contributed by atoms with E-state index in [1.807, 2.05) is 0 Å². The van der Waals surface area contributed by atoms with Crippen molar-refractivity contribution in [1.82, 2.24) is 24.3 Å². The molecule has 0 spiro atoms. The van der Waals surface area contributed by atoms with Gasteiger partial charge in [-0.15, -0.1) is 0 Å². The maximum absolute atomic E-state index is 12.5. The van der Waals surface area contributed by atoms with Crippen molar-refractivity contribution >= 4 is 10.2 Å². The Hall–Kier alpha value is -0.960. The molecule has 0 radical (unpaired) electrons. The van der Waals surface area contributed by atoms with Crippen molar-refractivity contribution in [2.24, 2.45) is 0 Å². The summed E-state index contributed by atoms with van der Waals surface area (Å²) in [7, 11) is -3.45. The molecule has 1 atom stereocenters. The van der Waals surface area contributed by atoms with Gasteiger partial charge in [0.2, 0.25) is 0 Å².